The molecule has 1 atom stereocenters. The van der Waals surface area contributed by atoms with Crippen LogP contribution in [-0.4, -0.2) is 31.3 Å². The standard InChI is InChI=1S/C15H21ClN2O/c1-15(2)10-11-3-4-12(16)9-13(11)14(15)17-18-5-7-19-8-6-18/h3-4,9,14,17H,5-8,10H2,1-2H3. The molecule has 104 valence electrons. The van der Waals surface area contributed by atoms with E-state index in [2.05, 4.69) is 36.4 Å². The fraction of sp³-hybridized carbons (Fsp3) is 0.600. The molecular weight excluding hydrogens is 260 g/mol. The lowest BCUT2D eigenvalue weighted by molar-refractivity contribution is -0.00749. The molecule has 1 fully saturated rings. The highest BCUT2D eigenvalue weighted by molar-refractivity contribution is 6.30. The van der Waals surface area contributed by atoms with Crippen LogP contribution < -0.4 is 5.43 Å². The lowest BCUT2D eigenvalue weighted by Crippen LogP contribution is -2.49. The third kappa shape index (κ3) is 2.65. The molecule has 1 unspecified atom stereocenters. The lowest BCUT2D eigenvalue weighted by atomic mass is 9.86. The summed E-state index contributed by atoms with van der Waals surface area (Å²) in [4.78, 5) is 0. The van der Waals surface area contributed by atoms with Gasteiger partial charge in [0.15, 0.2) is 0 Å². The van der Waals surface area contributed by atoms with Crippen molar-refractivity contribution in [2.45, 2.75) is 26.3 Å². The molecule has 3 rings (SSSR count). The number of morpholine rings is 1. The monoisotopic (exact) mass is 280 g/mol. The molecular formula is C15H21ClN2O. The molecule has 1 N–H and O–H groups in total. The molecule has 4 heteroatoms. The summed E-state index contributed by atoms with van der Waals surface area (Å²) in [5.74, 6) is 0. The molecule has 19 heavy (non-hydrogen) atoms. The number of nitrogens with zero attached hydrogens (tertiary/aromatic N) is 1. The van der Waals surface area contributed by atoms with Crippen LogP contribution >= 0.6 is 11.6 Å². The van der Waals surface area contributed by atoms with Crippen molar-refractivity contribution in [1.82, 2.24) is 10.4 Å². The van der Waals surface area contributed by atoms with E-state index >= 15 is 0 Å². The molecule has 1 aliphatic carbocycles. The highest BCUT2D eigenvalue weighted by atomic mass is 35.5. The summed E-state index contributed by atoms with van der Waals surface area (Å²) in [5, 5.41) is 3.11. The van der Waals surface area contributed by atoms with Gasteiger partial charge in [-0.3, -0.25) is 0 Å². The van der Waals surface area contributed by atoms with Crippen molar-refractivity contribution < 1.29 is 4.74 Å². The number of rotatable bonds is 2. The summed E-state index contributed by atoms with van der Waals surface area (Å²) < 4.78 is 5.40. The van der Waals surface area contributed by atoms with E-state index in [1.54, 1.807) is 0 Å². The Morgan fingerprint density at radius 2 is 2.05 bits per heavy atom. The third-order valence-corrected chi connectivity index (χ3v) is 4.40. The van der Waals surface area contributed by atoms with Gasteiger partial charge in [0.2, 0.25) is 0 Å². The molecule has 0 amide bonds. The average molecular weight is 281 g/mol. The molecule has 1 heterocycles. The molecule has 3 nitrogen and oxygen atoms in total. The number of hydrazine groups is 1. The summed E-state index contributed by atoms with van der Waals surface area (Å²) in [6.07, 6.45) is 1.10. The van der Waals surface area contributed by atoms with Crippen molar-refractivity contribution in [2.24, 2.45) is 5.41 Å². The molecule has 0 aromatic heterocycles. The Morgan fingerprint density at radius 1 is 1.32 bits per heavy atom. The minimum Gasteiger partial charge on any atom is -0.379 e. The van der Waals surface area contributed by atoms with Gasteiger partial charge in [0.1, 0.15) is 0 Å². The number of ether oxygens (including phenoxy) is 1. The van der Waals surface area contributed by atoms with Crippen LogP contribution in [0.15, 0.2) is 18.2 Å². The summed E-state index contributed by atoms with van der Waals surface area (Å²) in [6.45, 7) is 8.15. The first-order chi connectivity index (χ1) is 9.06. The Morgan fingerprint density at radius 3 is 2.79 bits per heavy atom. The van der Waals surface area contributed by atoms with E-state index < -0.39 is 0 Å². The number of nitrogens with one attached hydrogen (secondary N) is 1. The Balaban J connectivity index is 1.84. The van der Waals surface area contributed by atoms with E-state index in [1.807, 2.05) is 6.07 Å². The Kier molecular flexibility index (Phi) is 3.56. The third-order valence-electron chi connectivity index (χ3n) is 4.17. The molecule has 0 bridgehead atoms. The van der Waals surface area contributed by atoms with Gasteiger partial charge >= 0.3 is 0 Å². The molecule has 1 saturated heterocycles. The van der Waals surface area contributed by atoms with E-state index in [4.69, 9.17) is 16.3 Å². The van der Waals surface area contributed by atoms with E-state index in [0.29, 0.717) is 6.04 Å². The van der Waals surface area contributed by atoms with Gasteiger partial charge in [0.05, 0.1) is 19.3 Å². The Hall–Kier alpha value is -0.610. The molecule has 1 aromatic rings. The minimum atomic E-state index is 0.214. The summed E-state index contributed by atoms with van der Waals surface area (Å²) in [6, 6.07) is 6.61. The van der Waals surface area contributed by atoms with Gasteiger partial charge in [-0.15, -0.1) is 0 Å². The molecule has 1 aliphatic heterocycles. The van der Waals surface area contributed by atoms with Gasteiger partial charge in [-0.2, -0.15) is 0 Å². The highest BCUT2D eigenvalue weighted by Crippen LogP contribution is 2.46. The zero-order valence-corrected chi connectivity index (χ0v) is 12.3. The van der Waals surface area contributed by atoms with E-state index in [9.17, 15) is 0 Å². The highest BCUT2D eigenvalue weighted by Gasteiger charge is 2.39. The number of halogens is 1. The molecule has 0 saturated carbocycles. The smallest absolute Gasteiger partial charge is 0.0608 e. The SMILES string of the molecule is CC1(C)Cc2ccc(Cl)cc2C1NN1CCOCC1. The zero-order valence-electron chi connectivity index (χ0n) is 11.6. The van der Waals surface area contributed by atoms with Gasteiger partial charge in [-0.05, 0) is 35.1 Å². The molecule has 2 aliphatic rings. The van der Waals surface area contributed by atoms with Crippen molar-refractivity contribution in [3.63, 3.8) is 0 Å². The predicted octanol–water partition coefficient (Wildman–Crippen LogP) is 2.80. The number of hydrogen-bond donors (Lipinski definition) is 1. The quantitative estimate of drug-likeness (QED) is 0.902. The van der Waals surface area contributed by atoms with Crippen molar-refractivity contribution >= 4 is 11.6 Å². The first kappa shape index (κ1) is 13.4. The number of benzene rings is 1. The summed E-state index contributed by atoms with van der Waals surface area (Å²) in [7, 11) is 0. The number of fused-ring (bicyclic) bond motifs is 1. The minimum absolute atomic E-state index is 0.214. The van der Waals surface area contributed by atoms with Gasteiger partial charge in [-0.25, -0.2) is 10.4 Å². The van der Waals surface area contributed by atoms with Crippen LogP contribution in [-0.2, 0) is 11.2 Å². The predicted molar refractivity (Wildman–Crippen MR) is 77.2 cm³/mol. The van der Waals surface area contributed by atoms with Crippen LogP contribution in [0.4, 0.5) is 0 Å². The van der Waals surface area contributed by atoms with E-state index in [1.165, 1.54) is 11.1 Å². The van der Waals surface area contributed by atoms with Crippen molar-refractivity contribution in [3.05, 3.63) is 34.3 Å². The largest absolute Gasteiger partial charge is 0.379 e. The Labute approximate surface area is 119 Å². The summed E-state index contributed by atoms with van der Waals surface area (Å²) in [5.41, 5.74) is 6.67. The summed E-state index contributed by atoms with van der Waals surface area (Å²) >= 11 is 6.16. The lowest BCUT2D eigenvalue weighted by Gasteiger charge is -2.36. The van der Waals surface area contributed by atoms with Crippen LogP contribution in [0.5, 0.6) is 0 Å². The first-order valence-corrected chi connectivity index (χ1v) is 7.31. The fourth-order valence-electron chi connectivity index (χ4n) is 3.13. The Bertz CT molecular complexity index is 469. The van der Waals surface area contributed by atoms with E-state index in [-0.39, 0.29) is 5.41 Å². The number of hydrogen-bond acceptors (Lipinski definition) is 3. The van der Waals surface area contributed by atoms with Crippen LogP contribution in [0.1, 0.15) is 31.0 Å². The van der Waals surface area contributed by atoms with Crippen LogP contribution in [0, 0.1) is 5.41 Å². The first-order valence-electron chi connectivity index (χ1n) is 6.93. The van der Waals surface area contributed by atoms with Crippen molar-refractivity contribution in [2.75, 3.05) is 26.3 Å². The van der Waals surface area contributed by atoms with Gasteiger partial charge in [0, 0.05) is 18.1 Å². The zero-order chi connectivity index (χ0) is 13.5. The second-order valence-electron chi connectivity index (χ2n) is 6.17. The van der Waals surface area contributed by atoms with Crippen LogP contribution in [0.3, 0.4) is 0 Å². The normalized spacial score (nSPS) is 26.4. The second kappa shape index (κ2) is 5.06. The van der Waals surface area contributed by atoms with Crippen LogP contribution in [0.25, 0.3) is 0 Å². The fourth-order valence-corrected chi connectivity index (χ4v) is 3.31. The van der Waals surface area contributed by atoms with Gasteiger partial charge < -0.3 is 4.74 Å². The molecule has 0 spiro atoms. The van der Waals surface area contributed by atoms with Crippen LogP contribution in [0.2, 0.25) is 5.02 Å². The second-order valence-corrected chi connectivity index (χ2v) is 6.61. The maximum atomic E-state index is 6.16. The van der Waals surface area contributed by atoms with E-state index in [0.717, 1.165) is 37.7 Å². The maximum absolute atomic E-state index is 6.16. The topological polar surface area (TPSA) is 24.5 Å². The molecule has 1 aromatic carbocycles. The van der Waals surface area contributed by atoms with Crippen molar-refractivity contribution in [3.8, 4) is 0 Å². The maximum Gasteiger partial charge on any atom is 0.0608 e. The van der Waals surface area contributed by atoms with Crippen molar-refractivity contribution in [1.29, 1.82) is 0 Å². The average Bonchev–Trinajstić information content (AvgIpc) is 2.62. The molecule has 0 radical (unpaired) electrons. The van der Waals surface area contributed by atoms with Gasteiger partial charge in [0.25, 0.3) is 0 Å². The van der Waals surface area contributed by atoms with Gasteiger partial charge in [-0.1, -0.05) is 31.5 Å².